The largest absolute Gasteiger partial charge is 0.331 e. The Balaban J connectivity index is 1.96. The molecule has 1 saturated carbocycles. The fourth-order valence-corrected chi connectivity index (χ4v) is 4.76. The number of likely N-dealkylation sites (tertiary alicyclic amines) is 1. The van der Waals surface area contributed by atoms with Crippen LogP contribution in [0.15, 0.2) is 36.9 Å². The van der Waals surface area contributed by atoms with Crippen molar-refractivity contribution in [3.8, 4) is 0 Å². The van der Waals surface area contributed by atoms with Crippen LogP contribution in [0.4, 0.5) is 0 Å². The summed E-state index contributed by atoms with van der Waals surface area (Å²) >= 11 is 6.07. The zero-order valence-electron chi connectivity index (χ0n) is 16.1. The summed E-state index contributed by atoms with van der Waals surface area (Å²) in [6, 6.07) is 7.93. The zero-order chi connectivity index (χ0) is 19.6. The minimum atomic E-state index is -1.09. The van der Waals surface area contributed by atoms with Crippen molar-refractivity contribution in [1.82, 2.24) is 9.62 Å². The third-order valence-electron chi connectivity index (χ3n) is 5.92. The molecule has 0 radical (unpaired) electrons. The first-order valence-electron chi connectivity index (χ1n) is 9.62. The molecule has 2 fully saturated rings. The number of allylic oxidation sites excluding steroid dienone is 1. The third kappa shape index (κ3) is 4.64. The Morgan fingerprint density at radius 3 is 2.59 bits per heavy atom. The van der Waals surface area contributed by atoms with Gasteiger partial charge in [-0.25, -0.2) is 8.93 Å². The summed E-state index contributed by atoms with van der Waals surface area (Å²) in [6.07, 6.45) is 8.17. The van der Waals surface area contributed by atoms with E-state index in [-0.39, 0.29) is 18.0 Å². The average Bonchev–Trinajstić information content (AvgIpc) is 3.45. The van der Waals surface area contributed by atoms with Gasteiger partial charge in [-0.3, -0.25) is 4.79 Å². The van der Waals surface area contributed by atoms with Gasteiger partial charge in [0.05, 0.1) is 22.4 Å². The molecule has 1 aromatic carbocycles. The van der Waals surface area contributed by atoms with Gasteiger partial charge in [0.25, 0.3) is 0 Å². The van der Waals surface area contributed by atoms with Crippen LogP contribution in [-0.4, -0.2) is 33.9 Å². The number of piperidine rings is 1. The van der Waals surface area contributed by atoms with Gasteiger partial charge in [-0.1, -0.05) is 36.7 Å². The summed E-state index contributed by atoms with van der Waals surface area (Å²) in [4.78, 5) is 15.7. The number of nitrogens with one attached hydrogen (secondary N) is 1. The lowest BCUT2D eigenvalue weighted by atomic mass is 9.74. The van der Waals surface area contributed by atoms with Crippen LogP contribution in [0.5, 0.6) is 0 Å². The van der Waals surface area contributed by atoms with Crippen molar-refractivity contribution < 1.29 is 9.00 Å². The molecule has 27 heavy (non-hydrogen) atoms. The monoisotopic (exact) mass is 408 g/mol. The number of nitrogens with zero attached hydrogens (tertiary/aromatic N) is 1. The highest BCUT2D eigenvalue weighted by molar-refractivity contribution is 7.82. The number of carbonyl (C=O) groups excluding carboxylic acids is 1. The number of carbonyl (C=O) groups is 1. The third-order valence-corrected chi connectivity index (χ3v) is 6.75. The van der Waals surface area contributed by atoms with Gasteiger partial charge in [0.15, 0.2) is 0 Å². The normalized spacial score (nSPS) is 28.0. The Morgan fingerprint density at radius 2 is 2.04 bits per heavy atom. The van der Waals surface area contributed by atoms with Crippen molar-refractivity contribution in [2.24, 2.45) is 11.3 Å². The number of benzene rings is 1. The first kappa shape index (κ1) is 20.6. The van der Waals surface area contributed by atoms with Gasteiger partial charge in [0, 0.05) is 23.9 Å². The van der Waals surface area contributed by atoms with Crippen LogP contribution in [0.1, 0.15) is 50.6 Å². The predicted octanol–water partition coefficient (Wildman–Crippen LogP) is 4.25. The lowest BCUT2D eigenvalue weighted by Gasteiger charge is -2.48. The minimum absolute atomic E-state index is 0.0327. The summed E-state index contributed by atoms with van der Waals surface area (Å²) in [6.45, 7) is 6.48. The Morgan fingerprint density at radius 1 is 1.37 bits per heavy atom. The van der Waals surface area contributed by atoms with Gasteiger partial charge < -0.3 is 4.90 Å². The molecule has 148 valence electrons. The van der Waals surface area contributed by atoms with Crippen LogP contribution in [0.25, 0.3) is 0 Å². The van der Waals surface area contributed by atoms with Crippen LogP contribution >= 0.6 is 11.6 Å². The molecule has 1 N–H and O–H groups in total. The maximum Gasteiger partial charge on any atom is 0.229 e. The lowest BCUT2D eigenvalue weighted by Crippen LogP contribution is -2.56. The quantitative estimate of drug-likeness (QED) is 0.654. The van der Waals surface area contributed by atoms with Gasteiger partial charge in [0.1, 0.15) is 0 Å². The Hall–Kier alpha value is -1.17. The van der Waals surface area contributed by atoms with Gasteiger partial charge in [-0.05, 0) is 55.7 Å². The second-order valence-corrected chi connectivity index (χ2v) is 9.71. The van der Waals surface area contributed by atoms with Gasteiger partial charge in [0.2, 0.25) is 5.91 Å². The number of amides is 1. The lowest BCUT2D eigenvalue weighted by molar-refractivity contribution is -0.153. The fourth-order valence-electron chi connectivity index (χ4n) is 4.23. The van der Waals surface area contributed by atoms with Crippen molar-refractivity contribution in [2.75, 3.05) is 12.8 Å². The number of hydrogen-bond acceptors (Lipinski definition) is 2. The van der Waals surface area contributed by atoms with E-state index in [9.17, 15) is 9.00 Å². The van der Waals surface area contributed by atoms with Crippen LogP contribution in [0, 0.1) is 11.3 Å². The highest BCUT2D eigenvalue weighted by Crippen LogP contribution is 2.47. The van der Waals surface area contributed by atoms with Gasteiger partial charge >= 0.3 is 0 Å². The SMILES string of the molecule is C=CC[C@@]1(C)CC[C@@H](c2ccc(Cl)cc2)N(C(CNS(C)=O)C2CC2)C1=O. The van der Waals surface area contributed by atoms with E-state index in [4.69, 9.17) is 11.6 Å². The molecule has 1 heterocycles. The highest BCUT2D eigenvalue weighted by Gasteiger charge is 2.49. The van der Waals surface area contributed by atoms with Crippen molar-refractivity contribution in [3.05, 3.63) is 47.5 Å². The molecule has 4 atom stereocenters. The van der Waals surface area contributed by atoms with E-state index in [2.05, 4.69) is 23.1 Å². The minimum Gasteiger partial charge on any atom is -0.331 e. The van der Waals surface area contributed by atoms with Crippen molar-refractivity contribution in [2.45, 2.75) is 51.1 Å². The molecular weight excluding hydrogens is 380 g/mol. The van der Waals surface area contributed by atoms with E-state index < -0.39 is 16.4 Å². The predicted molar refractivity (Wildman–Crippen MR) is 112 cm³/mol. The van der Waals surface area contributed by atoms with Crippen LogP contribution in [-0.2, 0) is 15.8 Å². The highest BCUT2D eigenvalue weighted by atomic mass is 35.5. The molecule has 2 aliphatic rings. The fraction of sp³-hybridized carbons (Fsp3) is 0.571. The summed E-state index contributed by atoms with van der Waals surface area (Å²) in [5.74, 6) is 0.667. The van der Waals surface area contributed by atoms with Gasteiger partial charge in [-0.15, -0.1) is 6.58 Å². The number of rotatable bonds is 8. The molecule has 1 aromatic rings. The van der Waals surface area contributed by atoms with Gasteiger partial charge in [-0.2, -0.15) is 0 Å². The Kier molecular flexibility index (Phi) is 6.44. The van der Waals surface area contributed by atoms with Crippen molar-refractivity contribution in [3.63, 3.8) is 0 Å². The molecule has 0 spiro atoms. The second-order valence-electron chi connectivity index (χ2n) is 8.08. The molecule has 2 unspecified atom stereocenters. The van der Waals surface area contributed by atoms with E-state index in [0.717, 1.165) is 31.2 Å². The number of halogens is 1. The van der Waals surface area contributed by atoms with Crippen LogP contribution < -0.4 is 4.72 Å². The zero-order valence-corrected chi connectivity index (χ0v) is 17.7. The summed E-state index contributed by atoms with van der Waals surface area (Å²) < 4.78 is 14.7. The molecule has 1 amide bonds. The smallest absolute Gasteiger partial charge is 0.229 e. The maximum absolute atomic E-state index is 13.7. The first-order valence-corrected chi connectivity index (χ1v) is 11.6. The molecule has 1 aliphatic heterocycles. The van der Waals surface area contributed by atoms with E-state index >= 15 is 0 Å². The Bertz CT molecular complexity index is 719. The van der Waals surface area contributed by atoms with E-state index in [1.807, 2.05) is 30.3 Å². The molecule has 6 heteroatoms. The number of hydrogen-bond donors (Lipinski definition) is 1. The topological polar surface area (TPSA) is 49.4 Å². The van der Waals surface area contributed by atoms with E-state index in [0.29, 0.717) is 23.9 Å². The van der Waals surface area contributed by atoms with Crippen molar-refractivity contribution in [1.29, 1.82) is 0 Å². The van der Waals surface area contributed by atoms with Crippen LogP contribution in [0.2, 0.25) is 5.02 Å². The summed E-state index contributed by atoms with van der Waals surface area (Å²) in [5, 5.41) is 0.700. The first-order chi connectivity index (χ1) is 12.9. The summed E-state index contributed by atoms with van der Waals surface area (Å²) in [7, 11) is -1.09. The molecule has 1 saturated heterocycles. The molecular formula is C21H29ClN2O2S. The molecule has 0 aromatic heterocycles. The van der Waals surface area contributed by atoms with Crippen molar-refractivity contribution >= 4 is 28.5 Å². The van der Waals surface area contributed by atoms with E-state index in [1.54, 1.807) is 6.26 Å². The second kappa shape index (κ2) is 8.46. The maximum atomic E-state index is 13.7. The standard InChI is InChI=1S/C21H29ClN2O2S/c1-4-12-21(2)13-11-18(15-7-9-17(22)10-8-15)24(20(21)25)19(16-5-6-16)14-23-27(3)26/h4,7-10,16,18-19,23H,1,5-6,11-14H2,2-3H3/t18-,19?,21-,27?/m0/s1. The summed E-state index contributed by atoms with van der Waals surface area (Å²) in [5.41, 5.74) is 0.708. The Labute approximate surface area is 169 Å². The molecule has 3 rings (SSSR count). The van der Waals surface area contributed by atoms with E-state index in [1.165, 1.54) is 0 Å². The molecule has 0 bridgehead atoms. The van der Waals surface area contributed by atoms with Crippen LogP contribution in [0.3, 0.4) is 0 Å². The average molecular weight is 409 g/mol. The molecule has 4 nitrogen and oxygen atoms in total. The molecule has 1 aliphatic carbocycles.